The Balaban J connectivity index is 1.46. The van der Waals surface area contributed by atoms with Crippen molar-refractivity contribution in [3.05, 3.63) is 78.8 Å². The van der Waals surface area contributed by atoms with E-state index in [9.17, 15) is 4.79 Å². The van der Waals surface area contributed by atoms with E-state index in [0.717, 1.165) is 30.2 Å². The fraction of sp³-hybridized carbons (Fsp3) is 0.222. The number of rotatable bonds is 7. The summed E-state index contributed by atoms with van der Waals surface area (Å²) in [7, 11) is 3.17. The molecule has 1 aliphatic heterocycles. The van der Waals surface area contributed by atoms with Gasteiger partial charge in [-0.3, -0.25) is 4.79 Å². The first kappa shape index (κ1) is 23.4. The summed E-state index contributed by atoms with van der Waals surface area (Å²) in [6.45, 7) is 2.96. The number of nitrogens with zero attached hydrogens (tertiary/aromatic N) is 4. The van der Waals surface area contributed by atoms with Crippen LogP contribution in [0.4, 0.5) is 11.5 Å². The van der Waals surface area contributed by atoms with Gasteiger partial charge in [0, 0.05) is 24.8 Å². The summed E-state index contributed by atoms with van der Waals surface area (Å²) >= 11 is 0. The third-order valence-corrected chi connectivity index (χ3v) is 5.99. The van der Waals surface area contributed by atoms with Crippen LogP contribution in [0.25, 0.3) is 16.8 Å². The highest BCUT2D eigenvalue weighted by atomic mass is 16.5. The zero-order valence-electron chi connectivity index (χ0n) is 20.2. The lowest BCUT2D eigenvalue weighted by Gasteiger charge is -2.27. The predicted molar refractivity (Wildman–Crippen MR) is 137 cm³/mol. The van der Waals surface area contributed by atoms with Crippen molar-refractivity contribution in [2.45, 2.75) is 0 Å². The largest absolute Gasteiger partial charge is 0.493 e. The van der Waals surface area contributed by atoms with Crippen molar-refractivity contribution in [2.75, 3.05) is 50.7 Å². The van der Waals surface area contributed by atoms with Gasteiger partial charge in [-0.25, -0.2) is 9.67 Å². The number of carbonyl (C=O) groups excluding carboxylic acids is 1. The molecule has 0 bridgehead atoms. The lowest BCUT2D eigenvalue weighted by Crippen LogP contribution is -2.36. The van der Waals surface area contributed by atoms with E-state index in [-0.39, 0.29) is 11.6 Å². The molecule has 1 amide bonds. The van der Waals surface area contributed by atoms with Gasteiger partial charge in [0.2, 0.25) is 0 Å². The Morgan fingerprint density at radius 1 is 0.972 bits per heavy atom. The summed E-state index contributed by atoms with van der Waals surface area (Å²) in [5.74, 6) is 1.69. The minimum Gasteiger partial charge on any atom is -0.493 e. The highest BCUT2D eigenvalue weighted by molar-refractivity contribution is 6.07. The Bertz CT molecular complexity index is 1330. The Hall–Kier alpha value is -4.37. The van der Waals surface area contributed by atoms with E-state index in [0.29, 0.717) is 36.0 Å². The van der Waals surface area contributed by atoms with Gasteiger partial charge in [-0.2, -0.15) is 5.10 Å². The average molecular weight is 486 g/mol. The number of hydrogen-bond donors (Lipinski definition) is 1. The van der Waals surface area contributed by atoms with Crippen LogP contribution in [0, 0.1) is 0 Å². The number of amides is 1. The molecule has 0 saturated carbocycles. The Kier molecular flexibility index (Phi) is 6.81. The minimum absolute atomic E-state index is 0.281. The van der Waals surface area contributed by atoms with E-state index in [1.807, 2.05) is 66.9 Å². The molecule has 2 aromatic heterocycles. The van der Waals surface area contributed by atoms with Gasteiger partial charge in [-0.1, -0.05) is 24.3 Å². The molecule has 0 aliphatic carbocycles. The smallest absolute Gasteiger partial charge is 0.276 e. The number of methoxy groups -OCH3 is 2. The van der Waals surface area contributed by atoms with Gasteiger partial charge in [0.15, 0.2) is 17.2 Å². The fourth-order valence-corrected chi connectivity index (χ4v) is 4.10. The first-order valence-corrected chi connectivity index (χ1v) is 11.6. The maximum atomic E-state index is 13.4. The van der Waals surface area contributed by atoms with Gasteiger partial charge in [-0.15, -0.1) is 0 Å². The van der Waals surface area contributed by atoms with Crippen molar-refractivity contribution in [3.63, 3.8) is 0 Å². The highest BCUT2D eigenvalue weighted by Gasteiger charge is 2.21. The first-order chi connectivity index (χ1) is 17.7. The Labute approximate surface area is 209 Å². The van der Waals surface area contributed by atoms with Crippen molar-refractivity contribution in [1.82, 2.24) is 14.8 Å². The zero-order valence-corrected chi connectivity index (χ0v) is 20.2. The van der Waals surface area contributed by atoms with Crippen LogP contribution in [0.2, 0.25) is 0 Å². The summed E-state index contributed by atoms with van der Waals surface area (Å²) < 4.78 is 17.9. The summed E-state index contributed by atoms with van der Waals surface area (Å²) in [6, 6.07) is 18.9. The third kappa shape index (κ3) is 4.87. The second kappa shape index (κ2) is 10.5. The molecular formula is C27H27N5O4. The van der Waals surface area contributed by atoms with Gasteiger partial charge in [-0.05, 0) is 42.0 Å². The molecule has 36 heavy (non-hydrogen) atoms. The number of benzene rings is 2. The number of para-hydroxylation sites is 1. The minimum atomic E-state index is -0.338. The average Bonchev–Trinajstić information content (AvgIpc) is 3.40. The van der Waals surface area contributed by atoms with Crippen LogP contribution in [0.1, 0.15) is 10.5 Å². The van der Waals surface area contributed by atoms with Crippen LogP contribution in [-0.2, 0) is 4.74 Å². The Morgan fingerprint density at radius 2 is 1.75 bits per heavy atom. The van der Waals surface area contributed by atoms with Gasteiger partial charge in [0.05, 0.1) is 45.0 Å². The van der Waals surface area contributed by atoms with E-state index < -0.39 is 0 Å². The molecule has 1 fully saturated rings. The van der Waals surface area contributed by atoms with E-state index in [2.05, 4.69) is 20.3 Å². The quantitative estimate of drug-likeness (QED) is 0.422. The van der Waals surface area contributed by atoms with Crippen LogP contribution in [0.3, 0.4) is 0 Å². The van der Waals surface area contributed by atoms with E-state index >= 15 is 0 Å². The normalized spacial score (nSPS) is 13.3. The van der Waals surface area contributed by atoms with Gasteiger partial charge >= 0.3 is 0 Å². The fourth-order valence-electron chi connectivity index (χ4n) is 4.10. The summed E-state index contributed by atoms with van der Waals surface area (Å²) in [5.41, 5.74) is 3.15. The second-order valence-electron chi connectivity index (χ2n) is 8.20. The van der Waals surface area contributed by atoms with Gasteiger partial charge in [0.1, 0.15) is 5.82 Å². The zero-order chi connectivity index (χ0) is 24.9. The van der Waals surface area contributed by atoms with Crippen LogP contribution < -0.4 is 19.7 Å². The van der Waals surface area contributed by atoms with Crippen LogP contribution in [0.5, 0.6) is 11.5 Å². The lowest BCUT2D eigenvalue weighted by atomic mass is 10.1. The van der Waals surface area contributed by atoms with E-state index in [1.54, 1.807) is 25.1 Å². The molecule has 0 spiro atoms. The molecule has 9 heteroatoms. The van der Waals surface area contributed by atoms with E-state index in [4.69, 9.17) is 14.2 Å². The molecule has 9 nitrogen and oxygen atoms in total. The molecule has 3 heterocycles. The van der Waals surface area contributed by atoms with Crippen molar-refractivity contribution in [2.24, 2.45) is 0 Å². The summed E-state index contributed by atoms with van der Waals surface area (Å²) in [5, 5.41) is 7.57. The maximum Gasteiger partial charge on any atom is 0.276 e. The molecule has 2 aromatic carbocycles. The topological polar surface area (TPSA) is 90.7 Å². The molecule has 0 unspecified atom stereocenters. The molecule has 4 aromatic rings. The summed E-state index contributed by atoms with van der Waals surface area (Å²) in [4.78, 5) is 20.1. The third-order valence-electron chi connectivity index (χ3n) is 5.99. The summed E-state index contributed by atoms with van der Waals surface area (Å²) in [6.07, 6.45) is 3.50. The number of morpholine rings is 1. The lowest BCUT2D eigenvalue weighted by molar-refractivity contribution is 0.102. The number of anilines is 2. The molecule has 0 radical (unpaired) electrons. The molecule has 1 saturated heterocycles. The molecule has 0 atom stereocenters. The van der Waals surface area contributed by atoms with Crippen molar-refractivity contribution >= 4 is 17.4 Å². The molecule has 1 aliphatic rings. The Morgan fingerprint density at radius 3 is 2.44 bits per heavy atom. The standard InChI is InChI=1S/C27H27N5O4/c1-34-23-10-8-19(16-24(23)35-2)22-18-32(21-6-4-3-5-7-21)30-26(22)27(33)29-20-9-11-25(28-17-20)31-12-14-36-15-13-31/h3-11,16-18H,12-15H2,1-2H3,(H,29,33). The SMILES string of the molecule is COc1ccc(-c2cn(-c3ccccc3)nc2C(=O)Nc2ccc(N3CCOCC3)nc2)cc1OC. The first-order valence-electron chi connectivity index (χ1n) is 11.6. The van der Waals surface area contributed by atoms with Crippen LogP contribution in [-0.4, -0.2) is 61.2 Å². The van der Waals surface area contributed by atoms with Crippen molar-refractivity contribution in [3.8, 4) is 28.3 Å². The van der Waals surface area contributed by atoms with Crippen LogP contribution in [0.15, 0.2) is 73.1 Å². The number of ether oxygens (including phenoxy) is 3. The highest BCUT2D eigenvalue weighted by Crippen LogP contribution is 2.34. The molecule has 184 valence electrons. The van der Waals surface area contributed by atoms with E-state index in [1.165, 1.54) is 0 Å². The van der Waals surface area contributed by atoms with Crippen LogP contribution >= 0.6 is 0 Å². The molecular weight excluding hydrogens is 458 g/mol. The van der Waals surface area contributed by atoms with Crippen molar-refractivity contribution < 1.29 is 19.0 Å². The van der Waals surface area contributed by atoms with Gasteiger partial charge in [0.25, 0.3) is 5.91 Å². The van der Waals surface area contributed by atoms with Gasteiger partial charge < -0.3 is 24.4 Å². The maximum absolute atomic E-state index is 13.4. The number of aromatic nitrogens is 3. The number of hydrogen-bond acceptors (Lipinski definition) is 7. The number of pyridine rings is 1. The monoisotopic (exact) mass is 485 g/mol. The predicted octanol–water partition coefficient (Wildman–Crippen LogP) is 4.04. The second-order valence-corrected chi connectivity index (χ2v) is 8.20. The van der Waals surface area contributed by atoms with Crippen molar-refractivity contribution in [1.29, 1.82) is 0 Å². The number of nitrogens with one attached hydrogen (secondary N) is 1. The molecule has 1 N–H and O–H groups in total. The number of carbonyl (C=O) groups is 1. The molecule has 5 rings (SSSR count).